The second-order valence-electron chi connectivity index (χ2n) is 6.68. The van der Waals surface area contributed by atoms with Crippen LogP contribution in [0.4, 0.5) is 0 Å². The predicted octanol–water partition coefficient (Wildman–Crippen LogP) is 3.02. The van der Waals surface area contributed by atoms with Gasteiger partial charge in [-0.15, -0.1) is 0 Å². The molecule has 0 saturated heterocycles. The Labute approximate surface area is 155 Å². The highest BCUT2D eigenvalue weighted by atomic mass is 16.4. The minimum Gasteiger partial charge on any atom is -0.426 e. The normalized spacial score (nSPS) is 13.2. The molecule has 5 heteroatoms. The van der Waals surface area contributed by atoms with Crippen LogP contribution in [0, 0.1) is 6.92 Å². The lowest BCUT2D eigenvalue weighted by atomic mass is 9.95. The Hall–Kier alpha value is -3.47. The van der Waals surface area contributed by atoms with E-state index in [4.69, 9.17) is 4.42 Å². The van der Waals surface area contributed by atoms with Crippen molar-refractivity contribution in [2.24, 2.45) is 0 Å². The van der Waals surface area contributed by atoms with Gasteiger partial charge in [0.1, 0.15) is 5.76 Å². The zero-order chi connectivity index (χ0) is 19.0. The van der Waals surface area contributed by atoms with Crippen molar-refractivity contribution >= 4 is 11.8 Å². The molecule has 1 N–H and O–H groups in total. The highest BCUT2D eigenvalue weighted by Crippen LogP contribution is 2.23. The first-order chi connectivity index (χ1) is 13.0. The number of carbonyl (C=O) groups is 2. The van der Waals surface area contributed by atoms with E-state index in [1.165, 1.54) is 11.6 Å². The Morgan fingerprint density at radius 2 is 1.56 bits per heavy atom. The van der Waals surface area contributed by atoms with Gasteiger partial charge in [0.25, 0.3) is 5.91 Å². The standard InChI is InChI=1S/C22H17NO4/c1-13-2-6-15(7-3-13)16-8-4-14(5-9-16)10-17-11-20(25)27-18-12-19(24)23-22(26)21(17)18/h2-9,11H,10,12H2,1H3,(H,23,24,26). The van der Waals surface area contributed by atoms with Crippen LogP contribution in [0.5, 0.6) is 0 Å². The third-order valence-electron chi connectivity index (χ3n) is 4.65. The molecular formula is C22H17NO4. The van der Waals surface area contributed by atoms with E-state index in [1.54, 1.807) is 0 Å². The Balaban J connectivity index is 1.65. The summed E-state index contributed by atoms with van der Waals surface area (Å²) < 4.78 is 5.07. The van der Waals surface area contributed by atoms with Crippen molar-refractivity contribution in [3.8, 4) is 11.1 Å². The first-order valence-electron chi connectivity index (χ1n) is 8.65. The minimum atomic E-state index is -0.553. The van der Waals surface area contributed by atoms with Gasteiger partial charge in [-0.05, 0) is 35.6 Å². The van der Waals surface area contributed by atoms with E-state index < -0.39 is 17.4 Å². The maximum atomic E-state index is 12.2. The van der Waals surface area contributed by atoms with E-state index in [0.29, 0.717) is 12.0 Å². The fraction of sp³-hybridized carbons (Fsp3) is 0.136. The molecule has 1 aliphatic rings. The molecule has 0 bridgehead atoms. The molecule has 2 aromatic carbocycles. The SMILES string of the molecule is Cc1ccc(-c2ccc(Cc3cc(=O)oc4c3C(=O)NC(=O)C4)cc2)cc1. The van der Waals surface area contributed by atoms with Crippen molar-refractivity contribution in [2.75, 3.05) is 0 Å². The predicted molar refractivity (Wildman–Crippen MR) is 101 cm³/mol. The zero-order valence-electron chi connectivity index (χ0n) is 14.7. The molecule has 0 atom stereocenters. The molecule has 3 aromatic rings. The van der Waals surface area contributed by atoms with Gasteiger partial charge < -0.3 is 4.42 Å². The number of amides is 2. The summed E-state index contributed by atoms with van der Waals surface area (Å²) in [6.07, 6.45) is 0.306. The number of nitrogens with one attached hydrogen (secondary N) is 1. The number of aryl methyl sites for hydroxylation is 1. The molecule has 5 nitrogen and oxygen atoms in total. The van der Waals surface area contributed by atoms with E-state index in [2.05, 4.69) is 29.6 Å². The van der Waals surface area contributed by atoms with E-state index in [9.17, 15) is 14.4 Å². The molecule has 0 spiro atoms. The molecule has 0 radical (unpaired) electrons. The van der Waals surface area contributed by atoms with Crippen molar-refractivity contribution in [3.05, 3.63) is 93.0 Å². The average molecular weight is 359 g/mol. The van der Waals surface area contributed by atoms with Crippen LogP contribution in [0.25, 0.3) is 11.1 Å². The van der Waals surface area contributed by atoms with Gasteiger partial charge in [0, 0.05) is 6.07 Å². The Bertz CT molecular complexity index is 1090. The maximum absolute atomic E-state index is 12.2. The number of hydrogen-bond donors (Lipinski definition) is 1. The van der Waals surface area contributed by atoms with Gasteiger partial charge in [-0.2, -0.15) is 0 Å². The summed E-state index contributed by atoms with van der Waals surface area (Å²) in [7, 11) is 0. The smallest absolute Gasteiger partial charge is 0.336 e. The second kappa shape index (κ2) is 6.68. The van der Waals surface area contributed by atoms with Gasteiger partial charge >= 0.3 is 5.63 Å². The van der Waals surface area contributed by atoms with Crippen LogP contribution < -0.4 is 10.9 Å². The van der Waals surface area contributed by atoms with Gasteiger partial charge in [0.2, 0.25) is 5.91 Å². The number of hydrogen-bond acceptors (Lipinski definition) is 4. The first kappa shape index (κ1) is 17.0. The van der Waals surface area contributed by atoms with Crippen LogP contribution in [0.3, 0.4) is 0 Å². The summed E-state index contributed by atoms with van der Waals surface area (Å²) in [5.41, 5.74) is 4.69. The zero-order valence-corrected chi connectivity index (χ0v) is 14.7. The van der Waals surface area contributed by atoms with Crippen LogP contribution >= 0.6 is 0 Å². The Morgan fingerprint density at radius 1 is 0.926 bits per heavy atom. The first-order valence-corrected chi connectivity index (χ1v) is 8.65. The molecule has 0 saturated carbocycles. The molecule has 0 aliphatic carbocycles. The van der Waals surface area contributed by atoms with E-state index in [0.717, 1.165) is 16.7 Å². The summed E-state index contributed by atoms with van der Waals surface area (Å²) in [5.74, 6) is -0.839. The molecule has 2 amide bonds. The van der Waals surface area contributed by atoms with Gasteiger partial charge in [-0.1, -0.05) is 54.1 Å². The summed E-state index contributed by atoms with van der Waals surface area (Å²) in [4.78, 5) is 35.5. The van der Waals surface area contributed by atoms with E-state index >= 15 is 0 Å². The largest absolute Gasteiger partial charge is 0.426 e. The monoisotopic (exact) mass is 359 g/mol. The molecule has 134 valence electrons. The van der Waals surface area contributed by atoms with Crippen LogP contribution in [-0.4, -0.2) is 11.8 Å². The Morgan fingerprint density at radius 3 is 2.22 bits per heavy atom. The fourth-order valence-electron chi connectivity index (χ4n) is 3.29. The summed E-state index contributed by atoms with van der Waals surface area (Å²) >= 11 is 0. The molecule has 1 aliphatic heterocycles. The van der Waals surface area contributed by atoms with Crippen LogP contribution in [0.1, 0.15) is 32.8 Å². The highest BCUT2D eigenvalue weighted by molar-refractivity contribution is 6.09. The quantitative estimate of drug-likeness (QED) is 0.730. The maximum Gasteiger partial charge on any atom is 0.336 e. The highest BCUT2D eigenvalue weighted by Gasteiger charge is 2.28. The van der Waals surface area contributed by atoms with Gasteiger partial charge in [-0.25, -0.2) is 4.79 Å². The lowest BCUT2D eigenvalue weighted by Crippen LogP contribution is -2.38. The lowest BCUT2D eigenvalue weighted by Gasteiger charge is -2.16. The molecule has 0 fully saturated rings. The van der Waals surface area contributed by atoms with Crippen molar-refractivity contribution in [3.63, 3.8) is 0 Å². The number of imide groups is 1. The van der Waals surface area contributed by atoms with Crippen molar-refractivity contribution in [1.29, 1.82) is 0 Å². The number of benzene rings is 2. The van der Waals surface area contributed by atoms with Gasteiger partial charge in [0.15, 0.2) is 0 Å². The van der Waals surface area contributed by atoms with E-state index in [1.807, 2.05) is 31.2 Å². The number of fused-ring (bicyclic) bond motifs is 1. The lowest BCUT2D eigenvalue weighted by molar-refractivity contribution is -0.120. The molecule has 2 heterocycles. The van der Waals surface area contributed by atoms with Crippen molar-refractivity contribution in [2.45, 2.75) is 19.8 Å². The summed E-state index contributed by atoms with van der Waals surface area (Å²) in [5, 5.41) is 2.28. The van der Waals surface area contributed by atoms with Crippen LogP contribution in [0.15, 0.2) is 63.8 Å². The topological polar surface area (TPSA) is 76.4 Å². The van der Waals surface area contributed by atoms with Gasteiger partial charge in [0.05, 0.1) is 12.0 Å². The van der Waals surface area contributed by atoms with Crippen LogP contribution in [0.2, 0.25) is 0 Å². The molecular weight excluding hydrogens is 342 g/mol. The van der Waals surface area contributed by atoms with Crippen LogP contribution in [-0.2, 0) is 17.6 Å². The van der Waals surface area contributed by atoms with E-state index in [-0.39, 0.29) is 17.7 Å². The molecule has 4 rings (SSSR count). The number of carbonyl (C=O) groups excluding carboxylic acids is 2. The summed E-state index contributed by atoms with van der Waals surface area (Å²) in [6.45, 7) is 2.05. The van der Waals surface area contributed by atoms with Crippen molar-refractivity contribution < 1.29 is 14.0 Å². The molecule has 1 aromatic heterocycles. The van der Waals surface area contributed by atoms with Crippen molar-refractivity contribution in [1.82, 2.24) is 5.32 Å². The molecule has 27 heavy (non-hydrogen) atoms. The molecule has 0 unspecified atom stereocenters. The number of rotatable bonds is 3. The minimum absolute atomic E-state index is 0.101. The Kier molecular flexibility index (Phi) is 4.20. The second-order valence-corrected chi connectivity index (χ2v) is 6.68. The fourth-order valence-corrected chi connectivity index (χ4v) is 3.29. The van der Waals surface area contributed by atoms with Gasteiger partial charge in [-0.3, -0.25) is 14.9 Å². The summed E-state index contributed by atoms with van der Waals surface area (Å²) in [6, 6.07) is 17.6. The third-order valence-corrected chi connectivity index (χ3v) is 4.65. The third kappa shape index (κ3) is 3.44. The average Bonchev–Trinajstić information content (AvgIpc) is 2.62.